The van der Waals surface area contributed by atoms with Gasteiger partial charge in [0.05, 0.1) is 25.9 Å². The molecule has 0 aliphatic carbocycles. The number of hydrogen-bond acceptors (Lipinski definition) is 6. The molecular formula is C33H48N2O6. The van der Waals surface area contributed by atoms with Crippen molar-refractivity contribution in [2.45, 2.75) is 97.4 Å². The lowest BCUT2D eigenvalue weighted by atomic mass is 9.86. The highest BCUT2D eigenvalue weighted by Gasteiger charge is 2.39. The summed E-state index contributed by atoms with van der Waals surface area (Å²) < 4.78 is 23.9. The Hall–Kier alpha value is -3.10. The third kappa shape index (κ3) is 12.1. The summed E-state index contributed by atoms with van der Waals surface area (Å²) in [6, 6.07) is 19.8. The third-order valence-electron chi connectivity index (χ3n) is 6.73. The Labute approximate surface area is 245 Å². The predicted octanol–water partition coefficient (Wildman–Crippen LogP) is 6.72. The number of amides is 2. The number of nitrogens with zero attached hydrogens (tertiary/aromatic N) is 1. The Morgan fingerprint density at radius 3 is 2.05 bits per heavy atom. The minimum absolute atomic E-state index is 0.246. The van der Waals surface area contributed by atoms with Gasteiger partial charge in [0.2, 0.25) is 0 Å². The van der Waals surface area contributed by atoms with E-state index >= 15 is 0 Å². The summed E-state index contributed by atoms with van der Waals surface area (Å²) in [6.45, 7) is 13.4. The molecule has 8 heteroatoms. The number of carbonyl (C=O) groups excluding carboxylic acids is 2. The summed E-state index contributed by atoms with van der Waals surface area (Å²) >= 11 is 0. The summed E-state index contributed by atoms with van der Waals surface area (Å²) in [5.41, 5.74) is 0.975. The highest BCUT2D eigenvalue weighted by atomic mass is 16.6. The first kappa shape index (κ1) is 32.4. The lowest BCUT2D eigenvalue weighted by molar-refractivity contribution is -0.0885. The first-order chi connectivity index (χ1) is 19.4. The van der Waals surface area contributed by atoms with Crippen molar-refractivity contribution in [2.24, 2.45) is 5.92 Å². The van der Waals surface area contributed by atoms with E-state index in [1.807, 2.05) is 107 Å². The molecule has 1 aliphatic rings. The highest BCUT2D eigenvalue weighted by molar-refractivity contribution is 5.69. The quantitative estimate of drug-likeness (QED) is 0.324. The number of hydrogen-bond donors (Lipinski definition) is 1. The molecule has 0 spiro atoms. The van der Waals surface area contributed by atoms with E-state index in [4.69, 9.17) is 18.9 Å². The van der Waals surface area contributed by atoms with E-state index in [0.717, 1.165) is 24.0 Å². The fourth-order valence-corrected chi connectivity index (χ4v) is 4.84. The smallest absolute Gasteiger partial charge is 0.410 e. The summed E-state index contributed by atoms with van der Waals surface area (Å²) in [6.07, 6.45) is 1.16. The van der Waals surface area contributed by atoms with E-state index in [1.54, 1.807) is 0 Å². The Balaban J connectivity index is 1.73. The van der Waals surface area contributed by atoms with Gasteiger partial charge in [-0.05, 0) is 77.8 Å². The molecule has 1 fully saturated rings. The average Bonchev–Trinajstić information content (AvgIpc) is 2.90. The third-order valence-corrected chi connectivity index (χ3v) is 6.73. The maximum Gasteiger partial charge on any atom is 0.410 e. The van der Waals surface area contributed by atoms with Crippen LogP contribution in [0.4, 0.5) is 9.59 Å². The normalized spacial score (nSPS) is 18.4. The van der Waals surface area contributed by atoms with Crippen molar-refractivity contribution >= 4 is 12.2 Å². The minimum Gasteiger partial charge on any atom is -0.444 e. The first-order valence-corrected chi connectivity index (χ1v) is 14.6. The van der Waals surface area contributed by atoms with Crippen LogP contribution in [0.3, 0.4) is 0 Å². The van der Waals surface area contributed by atoms with Crippen molar-refractivity contribution in [1.29, 1.82) is 0 Å². The Morgan fingerprint density at radius 1 is 0.878 bits per heavy atom. The van der Waals surface area contributed by atoms with E-state index in [1.165, 1.54) is 0 Å². The molecule has 1 N–H and O–H groups in total. The maximum absolute atomic E-state index is 13.4. The van der Waals surface area contributed by atoms with Crippen LogP contribution in [0, 0.1) is 5.92 Å². The molecular weight excluding hydrogens is 520 g/mol. The van der Waals surface area contributed by atoms with Crippen molar-refractivity contribution in [3.63, 3.8) is 0 Å². The zero-order valence-electron chi connectivity index (χ0n) is 25.6. The summed E-state index contributed by atoms with van der Waals surface area (Å²) in [7, 11) is 0. The predicted molar refractivity (Wildman–Crippen MR) is 159 cm³/mol. The number of carbonyl (C=O) groups is 2. The van der Waals surface area contributed by atoms with Crippen molar-refractivity contribution in [3.8, 4) is 0 Å². The molecule has 2 aromatic rings. The van der Waals surface area contributed by atoms with Gasteiger partial charge in [-0.3, -0.25) is 0 Å². The van der Waals surface area contributed by atoms with Gasteiger partial charge >= 0.3 is 12.2 Å². The Kier molecular flexibility index (Phi) is 12.0. The number of likely N-dealkylation sites (tertiary alicyclic amines) is 1. The number of ether oxygens (including phenoxy) is 4. The van der Waals surface area contributed by atoms with Gasteiger partial charge in [0, 0.05) is 13.1 Å². The number of alkyl carbamates (subject to hydrolysis) is 1. The zero-order chi connectivity index (χ0) is 29.9. The second-order valence-electron chi connectivity index (χ2n) is 12.7. The maximum atomic E-state index is 13.4. The number of rotatable bonds is 11. The second-order valence-corrected chi connectivity index (χ2v) is 12.7. The SMILES string of the molecule is CC(C)(C)OC(=O)NCC[C@@H]1CCN(C(=O)OC(C)(C)C)[C@@H]([C@@H](COCc2ccccc2)OCc2ccccc2)C1. The second kappa shape index (κ2) is 15.2. The molecule has 1 aliphatic heterocycles. The van der Waals surface area contributed by atoms with Crippen LogP contribution >= 0.6 is 0 Å². The molecule has 2 aromatic carbocycles. The van der Waals surface area contributed by atoms with Gasteiger partial charge in [0.1, 0.15) is 17.3 Å². The number of piperidine rings is 1. The molecule has 1 heterocycles. The number of benzene rings is 2. The van der Waals surface area contributed by atoms with E-state index in [2.05, 4.69) is 5.32 Å². The minimum atomic E-state index is -0.611. The molecule has 3 rings (SSSR count). The van der Waals surface area contributed by atoms with Crippen LogP contribution in [0.1, 0.15) is 71.9 Å². The van der Waals surface area contributed by atoms with E-state index in [-0.39, 0.29) is 24.2 Å². The fraction of sp³-hybridized carbons (Fsp3) is 0.576. The van der Waals surface area contributed by atoms with E-state index in [0.29, 0.717) is 39.3 Å². The molecule has 3 atom stereocenters. The highest BCUT2D eigenvalue weighted by Crippen LogP contribution is 2.30. The topological polar surface area (TPSA) is 86.3 Å². The van der Waals surface area contributed by atoms with Crippen molar-refractivity contribution < 1.29 is 28.5 Å². The van der Waals surface area contributed by atoms with Crippen LogP contribution in [-0.4, -0.2) is 60.1 Å². The fourth-order valence-electron chi connectivity index (χ4n) is 4.84. The van der Waals surface area contributed by atoms with Crippen LogP contribution < -0.4 is 5.32 Å². The van der Waals surface area contributed by atoms with E-state index in [9.17, 15) is 9.59 Å². The van der Waals surface area contributed by atoms with Crippen LogP contribution in [0.15, 0.2) is 60.7 Å². The van der Waals surface area contributed by atoms with Gasteiger partial charge in [-0.15, -0.1) is 0 Å². The van der Waals surface area contributed by atoms with Crippen molar-refractivity contribution in [3.05, 3.63) is 71.8 Å². The van der Waals surface area contributed by atoms with Crippen LogP contribution in [-0.2, 0) is 32.2 Å². The first-order valence-electron chi connectivity index (χ1n) is 14.6. The summed E-state index contributed by atoms with van der Waals surface area (Å²) in [4.78, 5) is 27.3. The Morgan fingerprint density at radius 2 is 1.46 bits per heavy atom. The average molecular weight is 569 g/mol. The van der Waals surface area contributed by atoms with Crippen LogP contribution in [0.2, 0.25) is 0 Å². The van der Waals surface area contributed by atoms with Gasteiger partial charge in [-0.1, -0.05) is 60.7 Å². The Bertz CT molecular complexity index is 1060. The molecule has 0 aromatic heterocycles. The lowest BCUT2D eigenvalue weighted by Crippen LogP contribution is -2.55. The summed E-state index contributed by atoms with van der Waals surface area (Å²) in [5.74, 6) is 0.283. The van der Waals surface area contributed by atoms with Gasteiger partial charge < -0.3 is 29.2 Å². The lowest BCUT2D eigenvalue weighted by Gasteiger charge is -2.43. The molecule has 226 valence electrons. The molecule has 0 unspecified atom stereocenters. The van der Waals surface area contributed by atoms with Gasteiger partial charge in [0.15, 0.2) is 0 Å². The van der Waals surface area contributed by atoms with Gasteiger partial charge in [0.25, 0.3) is 0 Å². The summed E-state index contributed by atoms with van der Waals surface area (Å²) in [5, 5.41) is 2.87. The number of nitrogens with one attached hydrogen (secondary N) is 1. The molecule has 1 saturated heterocycles. The molecule has 8 nitrogen and oxygen atoms in total. The van der Waals surface area contributed by atoms with Crippen LogP contribution in [0.25, 0.3) is 0 Å². The molecule has 2 amide bonds. The molecule has 41 heavy (non-hydrogen) atoms. The molecule has 0 radical (unpaired) electrons. The molecule has 0 bridgehead atoms. The largest absolute Gasteiger partial charge is 0.444 e. The van der Waals surface area contributed by atoms with E-state index < -0.39 is 17.3 Å². The standard InChI is InChI=1S/C33H48N2O6/c1-32(2,3)40-30(36)34-19-17-25-18-20-35(31(37)41-33(4,5)6)28(21-25)29(39-23-27-15-11-8-12-16-27)24-38-22-26-13-9-7-10-14-26/h7-16,25,28-29H,17-24H2,1-6H3,(H,34,36)/t25-,28-,29-/m1/s1. The van der Waals surface area contributed by atoms with Crippen molar-refractivity contribution in [2.75, 3.05) is 19.7 Å². The molecule has 0 saturated carbocycles. The monoisotopic (exact) mass is 568 g/mol. The van der Waals surface area contributed by atoms with Gasteiger partial charge in [-0.25, -0.2) is 9.59 Å². The van der Waals surface area contributed by atoms with Crippen molar-refractivity contribution in [1.82, 2.24) is 10.2 Å². The van der Waals surface area contributed by atoms with Gasteiger partial charge in [-0.2, -0.15) is 0 Å². The van der Waals surface area contributed by atoms with Crippen LogP contribution in [0.5, 0.6) is 0 Å². The zero-order valence-corrected chi connectivity index (χ0v) is 25.6.